The van der Waals surface area contributed by atoms with E-state index in [9.17, 15) is 14.7 Å². The van der Waals surface area contributed by atoms with Gasteiger partial charge in [0.05, 0.1) is 46.4 Å². The van der Waals surface area contributed by atoms with Crippen LogP contribution in [-0.2, 0) is 24.6 Å². The van der Waals surface area contributed by atoms with E-state index >= 15 is 0 Å². The maximum Gasteiger partial charge on any atom is 1.00 e. The number of carboxylic acids is 1. The largest absolute Gasteiger partial charge is 1.00 e. The molecule has 3 rings (SSSR count). The number of amides is 1. The van der Waals surface area contributed by atoms with Crippen molar-refractivity contribution in [2.24, 2.45) is 0 Å². The van der Waals surface area contributed by atoms with Crippen LogP contribution < -0.4 is 40.0 Å². The summed E-state index contributed by atoms with van der Waals surface area (Å²) in [6.45, 7) is 2.27. The number of ether oxygens (including phenoxy) is 3. The maximum absolute atomic E-state index is 12.5. The standard InChI is InChI=1S/C26H29Cl2NO6.Na/c1-33-16-17-35-26(12-14-34-15-13-26)19-10-8-18(9-11-19)4-2-7-22(25(31)32)29-24(30)23-20(27)5-3-6-21(23)28;/h2-6,8-11,22H,7,12-17H2,1H3,(H,29,30)(H,31,32);/q;+1/p-1/b4-2+;. The third kappa shape index (κ3) is 8.30. The SMILES string of the molecule is COCCOC1(c2ccc(/C=C/CC(NC(=O)c3c(Cl)cccc3Cl)C(=O)[O-])cc2)CCOCC1.[Na+]. The number of carboxylic acid groups (broad SMARTS) is 1. The Kier molecular flexibility index (Phi) is 12.9. The zero-order valence-electron chi connectivity index (χ0n) is 20.4. The topological polar surface area (TPSA) is 96.9 Å². The molecule has 0 saturated carbocycles. The normalized spacial score (nSPS) is 15.8. The molecule has 1 unspecified atom stereocenters. The zero-order chi connectivity index (χ0) is 25.3. The van der Waals surface area contributed by atoms with Gasteiger partial charge in [0, 0.05) is 33.2 Å². The second-order valence-corrected chi connectivity index (χ2v) is 8.96. The molecule has 1 N–H and O–H groups in total. The summed E-state index contributed by atoms with van der Waals surface area (Å²) in [5.41, 5.74) is 1.55. The smallest absolute Gasteiger partial charge is 0.548 e. The van der Waals surface area contributed by atoms with E-state index in [0.717, 1.165) is 24.0 Å². The first-order valence-electron chi connectivity index (χ1n) is 11.3. The van der Waals surface area contributed by atoms with Crippen LogP contribution in [0.2, 0.25) is 10.0 Å². The molecule has 1 amide bonds. The minimum Gasteiger partial charge on any atom is -0.548 e. The van der Waals surface area contributed by atoms with Crippen molar-refractivity contribution < 1.29 is 58.5 Å². The van der Waals surface area contributed by atoms with Gasteiger partial charge in [0.25, 0.3) is 5.91 Å². The molecule has 1 fully saturated rings. The Hall–Kier alpha value is -1.42. The number of benzene rings is 2. The predicted molar refractivity (Wildman–Crippen MR) is 132 cm³/mol. The molecule has 10 heteroatoms. The van der Waals surface area contributed by atoms with Crippen LogP contribution in [0.15, 0.2) is 48.5 Å². The molecule has 7 nitrogen and oxygen atoms in total. The van der Waals surface area contributed by atoms with E-state index in [1.165, 1.54) is 12.1 Å². The van der Waals surface area contributed by atoms with Crippen LogP contribution in [0.3, 0.4) is 0 Å². The number of aliphatic carboxylic acids is 1. The van der Waals surface area contributed by atoms with Crippen LogP contribution in [0, 0.1) is 0 Å². The van der Waals surface area contributed by atoms with Crippen molar-refractivity contribution in [1.82, 2.24) is 5.32 Å². The molecule has 1 aliphatic rings. The van der Waals surface area contributed by atoms with Crippen LogP contribution in [0.4, 0.5) is 0 Å². The van der Waals surface area contributed by atoms with Gasteiger partial charge in [-0.2, -0.15) is 0 Å². The summed E-state index contributed by atoms with van der Waals surface area (Å²) in [6, 6.07) is 11.3. The summed E-state index contributed by atoms with van der Waals surface area (Å²) < 4.78 is 16.9. The summed E-state index contributed by atoms with van der Waals surface area (Å²) in [4.78, 5) is 24.1. The van der Waals surface area contributed by atoms with Gasteiger partial charge < -0.3 is 29.4 Å². The van der Waals surface area contributed by atoms with Crippen LogP contribution >= 0.6 is 23.2 Å². The average molecular weight is 544 g/mol. The number of rotatable bonds is 11. The molecule has 188 valence electrons. The Labute approximate surface area is 243 Å². The first-order chi connectivity index (χ1) is 16.9. The number of methoxy groups -OCH3 is 1. The average Bonchev–Trinajstić information content (AvgIpc) is 2.84. The van der Waals surface area contributed by atoms with Gasteiger partial charge in [-0.1, -0.05) is 65.7 Å². The van der Waals surface area contributed by atoms with Crippen molar-refractivity contribution in [3.8, 4) is 0 Å². The Morgan fingerprint density at radius 1 is 1.11 bits per heavy atom. The molecule has 1 heterocycles. The van der Waals surface area contributed by atoms with E-state index < -0.39 is 23.5 Å². The van der Waals surface area contributed by atoms with Gasteiger partial charge >= 0.3 is 29.6 Å². The fraction of sp³-hybridized carbons (Fsp3) is 0.385. The van der Waals surface area contributed by atoms with E-state index in [1.54, 1.807) is 25.3 Å². The third-order valence-electron chi connectivity index (χ3n) is 5.86. The van der Waals surface area contributed by atoms with E-state index in [0.29, 0.717) is 26.4 Å². The van der Waals surface area contributed by atoms with Crippen LogP contribution in [0.25, 0.3) is 6.08 Å². The van der Waals surface area contributed by atoms with Crippen molar-refractivity contribution in [2.45, 2.75) is 30.9 Å². The van der Waals surface area contributed by atoms with Crippen molar-refractivity contribution in [3.05, 3.63) is 75.3 Å². The first-order valence-corrected chi connectivity index (χ1v) is 12.1. The summed E-state index contributed by atoms with van der Waals surface area (Å²) in [6.07, 6.45) is 5.00. The zero-order valence-corrected chi connectivity index (χ0v) is 23.9. The van der Waals surface area contributed by atoms with Crippen molar-refractivity contribution in [1.29, 1.82) is 0 Å². The van der Waals surface area contributed by atoms with Gasteiger partial charge in [0.2, 0.25) is 0 Å². The van der Waals surface area contributed by atoms with E-state index in [1.807, 2.05) is 24.3 Å². The molecule has 0 aromatic heterocycles. The number of hydrogen-bond acceptors (Lipinski definition) is 6. The van der Waals surface area contributed by atoms with Gasteiger partial charge in [0.1, 0.15) is 0 Å². The molecule has 0 spiro atoms. The molecular weight excluding hydrogens is 516 g/mol. The van der Waals surface area contributed by atoms with E-state index in [2.05, 4.69) is 5.32 Å². The van der Waals surface area contributed by atoms with Gasteiger partial charge in [0.15, 0.2) is 0 Å². The van der Waals surface area contributed by atoms with Gasteiger partial charge in [-0.15, -0.1) is 0 Å². The first kappa shape index (κ1) is 30.8. The molecule has 0 bridgehead atoms. The van der Waals surface area contributed by atoms with Crippen LogP contribution in [0.5, 0.6) is 0 Å². The molecule has 2 aromatic rings. The van der Waals surface area contributed by atoms with E-state index in [4.69, 9.17) is 37.4 Å². The Morgan fingerprint density at radius 2 is 1.75 bits per heavy atom. The minimum absolute atomic E-state index is 0. The van der Waals surface area contributed by atoms with Crippen molar-refractivity contribution >= 4 is 41.2 Å². The summed E-state index contributed by atoms with van der Waals surface area (Å²) in [5, 5.41) is 14.3. The van der Waals surface area contributed by atoms with Gasteiger partial charge in [-0.3, -0.25) is 4.79 Å². The van der Waals surface area contributed by atoms with E-state index in [-0.39, 0.29) is 51.6 Å². The van der Waals surface area contributed by atoms with Crippen molar-refractivity contribution in [2.75, 3.05) is 33.5 Å². The number of hydrogen-bond donors (Lipinski definition) is 1. The monoisotopic (exact) mass is 543 g/mol. The molecule has 36 heavy (non-hydrogen) atoms. The Balaban J connectivity index is 0.00000456. The Bertz CT molecular complexity index is 1020. The molecule has 1 aliphatic heterocycles. The second-order valence-electron chi connectivity index (χ2n) is 8.15. The number of nitrogens with one attached hydrogen (secondary N) is 1. The fourth-order valence-electron chi connectivity index (χ4n) is 3.94. The van der Waals surface area contributed by atoms with Crippen LogP contribution in [0.1, 0.15) is 40.7 Å². The quantitative estimate of drug-likeness (QED) is 0.329. The molecular formula is C26H28Cl2NNaO6. The number of carbonyl (C=O) groups excluding carboxylic acids is 2. The fourth-order valence-corrected chi connectivity index (χ4v) is 4.50. The number of halogens is 2. The second kappa shape index (κ2) is 15.1. The molecule has 0 radical (unpaired) electrons. The third-order valence-corrected chi connectivity index (χ3v) is 6.49. The van der Waals surface area contributed by atoms with Crippen molar-refractivity contribution in [3.63, 3.8) is 0 Å². The van der Waals surface area contributed by atoms with Crippen LogP contribution in [-0.4, -0.2) is 51.5 Å². The van der Waals surface area contributed by atoms with Gasteiger partial charge in [-0.05, 0) is 29.7 Å². The molecule has 1 atom stereocenters. The molecule has 0 aliphatic carbocycles. The summed E-state index contributed by atoms with van der Waals surface area (Å²) >= 11 is 12.1. The molecule has 1 saturated heterocycles. The number of carbonyl (C=O) groups is 2. The minimum atomic E-state index is -1.41. The predicted octanol–water partition coefficient (Wildman–Crippen LogP) is 0.618. The molecule has 2 aromatic carbocycles. The maximum atomic E-state index is 12.5. The Morgan fingerprint density at radius 3 is 2.33 bits per heavy atom. The summed E-state index contributed by atoms with van der Waals surface area (Å²) in [7, 11) is 1.64. The summed E-state index contributed by atoms with van der Waals surface area (Å²) in [5.74, 6) is -2.08. The van der Waals surface area contributed by atoms with Gasteiger partial charge in [-0.25, -0.2) is 0 Å².